The number of ether oxygens (including phenoxy) is 1. The largest absolute Gasteiger partial charge is 0.371 e. The maximum atomic E-state index is 11.9. The summed E-state index contributed by atoms with van der Waals surface area (Å²) in [6, 6.07) is 9.66. The van der Waals surface area contributed by atoms with Gasteiger partial charge in [0.25, 0.3) is 0 Å². The summed E-state index contributed by atoms with van der Waals surface area (Å²) < 4.78 is 31.0. The van der Waals surface area contributed by atoms with E-state index in [9.17, 15) is 8.42 Å². The summed E-state index contributed by atoms with van der Waals surface area (Å²) >= 11 is 5.52. The van der Waals surface area contributed by atoms with Gasteiger partial charge in [0.1, 0.15) is 0 Å². The first-order chi connectivity index (χ1) is 8.63. The van der Waals surface area contributed by atoms with Crippen molar-refractivity contribution in [1.82, 2.24) is 4.31 Å². The highest BCUT2D eigenvalue weighted by Gasteiger charge is 2.29. The summed E-state index contributed by atoms with van der Waals surface area (Å²) in [7, 11) is -3.25. The van der Waals surface area contributed by atoms with Crippen LogP contribution in [0.3, 0.4) is 0 Å². The molecule has 0 spiro atoms. The van der Waals surface area contributed by atoms with Crippen molar-refractivity contribution in [1.29, 1.82) is 0 Å². The number of hydrogen-bond acceptors (Lipinski definition) is 3. The highest BCUT2D eigenvalue weighted by molar-refractivity contribution is 7.89. The van der Waals surface area contributed by atoms with Crippen LogP contribution in [0.5, 0.6) is 0 Å². The van der Waals surface area contributed by atoms with Crippen LogP contribution in [0.2, 0.25) is 0 Å². The zero-order valence-electron chi connectivity index (χ0n) is 9.96. The zero-order chi connectivity index (χ0) is 13.0. The fourth-order valence-corrected chi connectivity index (χ4v) is 3.73. The van der Waals surface area contributed by atoms with Gasteiger partial charge in [-0.15, -0.1) is 11.6 Å². The van der Waals surface area contributed by atoms with Crippen LogP contribution in [0, 0.1) is 0 Å². The molecule has 1 aliphatic rings. The van der Waals surface area contributed by atoms with Crippen LogP contribution >= 0.6 is 11.6 Å². The fourth-order valence-electron chi connectivity index (χ4n) is 1.97. The summed E-state index contributed by atoms with van der Waals surface area (Å²) in [4.78, 5) is 0. The molecule has 0 aliphatic carbocycles. The Balaban J connectivity index is 2.10. The first-order valence-electron chi connectivity index (χ1n) is 5.84. The number of rotatable bonds is 4. The van der Waals surface area contributed by atoms with E-state index in [0.29, 0.717) is 19.7 Å². The van der Waals surface area contributed by atoms with E-state index in [1.165, 1.54) is 4.31 Å². The molecule has 0 N–H and O–H groups in total. The molecule has 1 aliphatic heterocycles. The summed E-state index contributed by atoms with van der Waals surface area (Å²) in [6.07, 6.45) is -0.190. The van der Waals surface area contributed by atoms with Crippen LogP contribution in [0.1, 0.15) is 11.7 Å². The summed E-state index contributed by atoms with van der Waals surface area (Å²) in [5.74, 6) is 0.103. The maximum absolute atomic E-state index is 11.9. The fraction of sp³-hybridized carbons (Fsp3) is 0.500. The Hall–Kier alpha value is -0.620. The molecule has 1 aromatic rings. The van der Waals surface area contributed by atoms with E-state index in [1.807, 2.05) is 30.3 Å². The second kappa shape index (κ2) is 6.02. The van der Waals surface area contributed by atoms with E-state index >= 15 is 0 Å². The number of morpholine rings is 1. The van der Waals surface area contributed by atoms with Crippen molar-refractivity contribution < 1.29 is 13.2 Å². The van der Waals surface area contributed by atoms with Crippen LogP contribution in [0.15, 0.2) is 30.3 Å². The molecule has 1 aromatic carbocycles. The molecular weight excluding hydrogens is 274 g/mol. The van der Waals surface area contributed by atoms with Gasteiger partial charge in [-0.05, 0) is 5.56 Å². The van der Waals surface area contributed by atoms with Gasteiger partial charge in [-0.25, -0.2) is 8.42 Å². The number of sulfonamides is 1. The molecule has 4 nitrogen and oxygen atoms in total. The lowest BCUT2D eigenvalue weighted by Gasteiger charge is -2.32. The number of hydrogen-bond donors (Lipinski definition) is 0. The lowest BCUT2D eigenvalue weighted by atomic mass is 10.1. The first kappa shape index (κ1) is 13.8. The van der Waals surface area contributed by atoms with Crippen molar-refractivity contribution >= 4 is 21.6 Å². The molecule has 0 bridgehead atoms. The van der Waals surface area contributed by atoms with Gasteiger partial charge >= 0.3 is 0 Å². The van der Waals surface area contributed by atoms with E-state index in [4.69, 9.17) is 16.3 Å². The third-order valence-electron chi connectivity index (χ3n) is 2.93. The molecule has 1 fully saturated rings. The van der Waals surface area contributed by atoms with Gasteiger partial charge < -0.3 is 4.74 Å². The Bertz CT molecular complexity index is 477. The van der Waals surface area contributed by atoms with Crippen molar-refractivity contribution in [2.75, 3.05) is 31.3 Å². The van der Waals surface area contributed by atoms with Gasteiger partial charge in [-0.1, -0.05) is 30.3 Å². The zero-order valence-corrected chi connectivity index (χ0v) is 11.5. The highest BCUT2D eigenvalue weighted by Crippen LogP contribution is 2.23. The minimum absolute atomic E-state index is 0.0178. The lowest BCUT2D eigenvalue weighted by Crippen LogP contribution is -2.43. The maximum Gasteiger partial charge on any atom is 0.215 e. The molecule has 18 heavy (non-hydrogen) atoms. The molecule has 2 rings (SSSR count). The van der Waals surface area contributed by atoms with E-state index in [-0.39, 0.29) is 17.7 Å². The number of nitrogens with zero attached hydrogens (tertiary/aromatic N) is 1. The van der Waals surface area contributed by atoms with E-state index in [1.54, 1.807) is 0 Å². The Labute approximate surface area is 113 Å². The van der Waals surface area contributed by atoms with Gasteiger partial charge in [-0.2, -0.15) is 4.31 Å². The molecule has 0 aromatic heterocycles. The van der Waals surface area contributed by atoms with Crippen molar-refractivity contribution in [2.45, 2.75) is 6.10 Å². The van der Waals surface area contributed by atoms with E-state index in [0.717, 1.165) is 5.56 Å². The van der Waals surface area contributed by atoms with E-state index < -0.39 is 10.0 Å². The van der Waals surface area contributed by atoms with Crippen LogP contribution in [-0.4, -0.2) is 44.1 Å². The molecule has 1 atom stereocenters. The smallest absolute Gasteiger partial charge is 0.215 e. The average molecular weight is 290 g/mol. The molecular formula is C12H16ClNO3S. The van der Waals surface area contributed by atoms with Crippen LogP contribution < -0.4 is 0 Å². The topological polar surface area (TPSA) is 46.6 Å². The normalized spacial score (nSPS) is 21.9. The second-order valence-corrected chi connectivity index (χ2v) is 6.60. The van der Waals surface area contributed by atoms with Crippen LogP contribution in [0.25, 0.3) is 0 Å². The number of benzene rings is 1. The van der Waals surface area contributed by atoms with Gasteiger partial charge in [0, 0.05) is 19.0 Å². The van der Waals surface area contributed by atoms with Crippen LogP contribution in [-0.2, 0) is 14.8 Å². The monoisotopic (exact) mass is 289 g/mol. The third kappa shape index (κ3) is 3.23. The number of halogens is 1. The molecule has 1 heterocycles. The van der Waals surface area contributed by atoms with Crippen molar-refractivity contribution in [2.24, 2.45) is 0 Å². The lowest BCUT2D eigenvalue weighted by molar-refractivity contribution is -0.00249. The Morgan fingerprint density at radius 2 is 2.06 bits per heavy atom. The van der Waals surface area contributed by atoms with Crippen molar-refractivity contribution in [3.8, 4) is 0 Å². The Morgan fingerprint density at radius 3 is 2.72 bits per heavy atom. The molecule has 0 amide bonds. The van der Waals surface area contributed by atoms with Gasteiger partial charge in [0.05, 0.1) is 18.5 Å². The molecule has 6 heteroatoms. The summed E-state index contributed by atoms with van der Waals surface area (Å²) in [5.41, 5.74) is 1.00. The summed E-state index contributed by atoms with van der Waals surface area (Å²) in [6.45, 7) is 1.19. The Kier molecular flexibility index (Phi) is 4.61. The summed E-state index contributed by atoms with van der Waals surface area (Å²) in [5, 5.41) is 0. The van der Waals surface area contributed by atoms with Crippen molar-refractivity contribution in [3.63, 3.8) is 0 Å². The minimum Gasteiger partial charge on any atom is -0.371 e. The van der Waals surface area contributed by atoms with Gasteiger partial charge in [0.2, 0.25) is 10.0 Å². The average Bonchev–Trinajstić information content (AvgIpc) is 2.40. The molecule has 100 valence electrons. The molecule has 1 saturated heterocycles. The number of alkyl halides is 1. The molecule has 0 radical (unpaired) electrons. The third-order valence-corrected chi connectivity index (χ3v) is 5.18. The van der Waals surface area contributed by atoms with E-state index in [2.05, 4.69) is 0 Å². The standard InChI is InChI=1S/C12H16ClNO3S/c13-6-9-18(15,16)14-7-8-17-12(10-14)11-4-2-1-3-5-11/h1-5,12H,6-10H2. The SMILES string of the molecule is O=S(=O)(CCCl)N1CCOC(c2ccccc2)C1. The quantitative estimate of drug-likeness (QED) is 0.792. The van der Waals surface area contributed by atoms with Crippen LogP contribution in [0.4, 0.5) is 0 Å². The minimum atomic E-state index is -3.25. The first-order valence-corrected chi connectivity index (χ1v) is 7.98. The van der Waals surface area contributed by atoms with Crippen molar-refractivity contribution in [3.05, 3.63) is 35.9 Å². The second-order valence-electron chi connectivity index (χ2n) is 4.13. The Morgan fingerprint density at radius 1 is 1.33 bits per heavy atom. The van der Waals surface area contributed by atoms with Gasteiger partial charge in [-0.3, -0.25) is 0 Å². The van der Waals surface area contributed by atoms with Gasteiger partial charge in [0.15, 0.2) is 0 Å². The molecule has 1 unspecified atom stereocenters. The predicted molar refractivity (Wildman–Crippen MR) is 71.2 cm³/mol. The molecule has 0 saturated carbocycles. The highest BCUT2D eigenvalue weighted by atomic mass is 35.5. The predicted octanol–water partition coefficient (Wildman–Crippen LogP) is 1.63.